The zero-order valence-corrected chi connectivity index (χ0v) is 23.1. The molecular formula is C31H31F2N5O4. The lowest BCUT2D eigenvalue weighted by Gasteiger charge is -2.31. The number of carbonyl (C=O) groups is 1. The second-order valence-corrected chi connectivity index (χ2v) is 11.5. The summed E-state index contributed by atoms with van der Waals surface area (Å²) in [7, 11) is 0. The van der Waals surface area contributed by atoms with Crippen LogP contribution in [-0.2, 0) is 11.3 Å². The zero-order valence-electron chi connectivity index (χ0n) is 23.1. The van der Waals surface area contributed by atoms with Gasteiger partial charge in [0.1, 0.15) is 35.7 Å². The minimum atomic E-state index is -0.886. The molecule has 0 bridgehead atoms. The number of phenols is 1. The molecule has 1 aromatic heterocycles. The molecule has 1 N–H and O–H groups in total. The van der Waals surface area contributed by atoms with Gasteiger partial charge in [-0.05, 0) is 43.3 Å². The molecule has 1 amide bonds. The van der Waals surface area contributed by atoms with Crippen LogP contribution in [0, 0.1) is 18.2 Å². The van der Waals surface area contributed by atoms with Crippen molar-refractivity contribution in [3.63, 3.8) is 0 Å². The predicted molar refractivity (Wildman–Crippen MR) is 152 cm³/mol. The Hall–Kier alpha value is -4.01. The van der Waals surface area contributed by atoms with Crippen LogP contribution in [0.15, 0.2) is 24.3 Å². The van der Waals surface area contributed by atoms with Crippen molar-refractivity contribution in [1.82, 2.24) is 14.9 Å². The van der Waals surface area contributed by atoms with Gasteiger partial charge in [-0.2, -0.15) is 9.97 Å². The minimum Gasteiger partial charge on any atom is -0.508 e. The SMILES string of the molecule is C#Cc1c(F)ccc2cc(O)cc(N3Cc4nc(OCC56CCCN5C[C@H](F)C6)nc(N5CCCOCC5)c4C3=O)c12. The van der Waals surface area contributed by atoms with E-state index in [0.29, 0.717) is 67.1 Å². The van der Waals surface area contributed by atoms with Crippen LogP contribution in [0.2, 0.25) is 0 Å². The first-order chi connectivity index (χ1) is 20.4. The summed E-state index contributed by atoms with van der Waals surface area (Å²) in [6.07, 6.45) is 7.81. The van der Waals surface area contributed by atoms with Gasteiger partial charge in [-0.3, -0.25) is 9.69 Å². The number of anilines is 2. The molecule has 2 aromatic carbocycles. The number of aromatic nitrogens is 2. The number of hydrogen-bond donors (Lipinski definition) is 1. The molecule has 11 heteroatoms. The normalized spacial score (nSPS) is 24.1. The number of alkyl halides is 1. The van der Waals surface area contributed by atoms with Crippen molar-refractivity contribution in [3.05, 3.63) is 46.9 Å². The number of terminal acetylenes is 1. The first kappa shape index (κ1) is 26.9. The Balaban J connectivity index is 1.29. The molecule has 0 radical (unpaired) electrons. The molecule has 1 unspecified atom stereocenters. The summed E-state index contributed by atoms with van der Waals surface area (Å²) in [6.45, 7) is 3.79. The average molecular weight is 576 g/mol. The molecule has 3 fully saturated rings. The van der Waals surface area contributed by atoms with Gasteiger partial charge in [-0.1, -0.05) is 12.0 Å². The van der Waals surface area contributed by atoms with Crippen LogP contribution in [0.25, 0.3) is 10.8 Å². The second kappa shape index (κ2) is 10.4. The Morgan fingerprint density at radius 2 is 2.07 bits per heavy atom. The quantitative estimate of drug-likeness (QED) is 0.460. The number of phenolic OH excluding ortho intramolecular Hbond substituents is 1. The van der Waals surface area contributed by atoms with Crippen molar-refractivity contribution < 1.29 is 28.2 Å². The highest BCUT2D eigenvalue weighted by Crippen LogP contribution is 2.42. The van der Waals surface area contributed by atoms with E-state index in [0.717, 1.165) is 25.8 Å². The summed E-state index contributed by atoms with van der Waals surface area (Å²) in [4.78, 5) is 29.1. The van der Waals surface area contributed by atoms with Crippen LogP contribution in [0.4, 0.5) is 20.3 Å². The average Bonchev–Trinajstić information content (AvgIpc) is 3.51. The molecule has 5 heterocycles. The second-order valence-electron chi connectivity index (χ2n) is 11.5. The number of benzene rings is 2. The molecule has 4 aliphatic rings. The standard InChI is InChI=1S/C31H31F2N5O4/c1-2-22-23(33)6-5-19-13-21(39)14-25(26(19)22)38-17-24-27(29(38)40)28(36-8-4-11-41-12-10-36)35-30(34-24)42-18-31-7-3-9-37(31)16-20(32)15-31/h1,5-6,13-14,20,39H,3-4,7-12,15-18H2/t20-,31?/m1/s1. The van der Waals surface area contributed by atoms with Gasteiger partial charge in [-0.15, -0.1) is 6.42 Å². The molecule has 2 atom stereocenters. The number of amides is 1. The van der Waals surface area contributed by atoms with E-state index in [2.05, 4.69) is 15.8 Å². The number of carbonyl (C=O) groups excluding carboxylic acids is 1. The van der Waals surface area contributed by atoms with Gasteiger partial charge < -0.3 is 24.4 Å². The lowest BCUT2D eigenvalue weighted by molar-refractivity contribution is 0.0996. The van der Waals surface area contributed by atoms with Crippen molar-refractivity contribution in [2.45, 2.75) is 43.9 Å². The van der Waals surface area contributed by atoms with Gasteiger partial charge in [0, 0.05) is 44.1 Å². The summed E-state index contributed by atoms with van der Waals surface area (Å²) in [5, 5.41) is 11.4. The van der Waals surface area contributed by atoms with Crippen molar-refractivity contribution in [2.24, 2.45) is 0 Å². The molecule has 42 heavy (non-hydrogen) atoms. The van der Waals surface area contributed by atoms with Crippen LogP contribution >= 0.6 is 0 Å². The molecule has 3 aromatic rings. The van der Waals surface area contributed by atoms with Gasteiger partial charge in [0.05, 0.1) is 35.6 Å². The maximum atomic E-state index is 14.8. The maximum Gasteiger partial charge on any atom is 0.318 e. The Morgan fingerprint density at radius 1 is 1.19 bits per heavy atom. The van der Waals surface area contributed by atoms with Gasteiger partial charge in [0.2, 0.25) is 0 Å². The minimum absolute atomic E-state index is 0.00866. The molecule has 9 nitrogen and oxygen atoms in total. The molecule has 0 saturated carbocycles. The Kier molecular flexibility index (Phi) is 6.63. The van der Waals surface area contributed by atoms with Crippen LogP contribution < -0.4 is 14.5 Å². The van der Waals surface area contributed by atoms with Crippen LogP contribution in [0.5, 0.6) is 11.8 Å². The van der Waals surface area contributed by atoms with E-state index in [4.69, 9.17) is 20.9 Å². The van der Waals surface area contributed by atoms with Gasteiger partial charge in [-0.25, -0.2) is 8.78 Å². The van der Waals surface area contributed by atoms with Gasteiger partial charge >= 0.3 is 6.01 Å². The fraction of sp³-hybridized carbons (Fsp3) is 0.452. The monoisotopic (exact) mass is 575 g/mol. The van der Waals surface area contributed by atoms with Crippen LogP contribution in [-0.4, -0.2) is 83.6 Å². The molecular weight excluding hydrogens is 544 g/mol. The molecule has 4 aliphatic heterocycles. The topological polar surface area (TPSA) is 91.3 Å². The smallest absolute Gasteiger partial charge is 0.318 e. The van der Waals surface area contributed by atoms with Crippen molar-refractivity contribution >= 4 is 28.2 Å². The number of nitrogens with zero attached hydrogens (tertiary/aromatic N) is 5. The van der Waals surface area contributed by atoms with E-state index in [-0.39, 0.29) is 47.6 Å². The first-order valence-corrected chi connectivity index (χ1v) is 14.4. The third-order valence-electron chi connectivity index (χ3n) is 8.93. The summed E-state index contributed by atoms with van der Waals surface area (Å²) in [5.41, 5.74) is 0.694. The molecule has 218 valence electrons. The van der Waals surface area contributed by atoms with E-state index < -0.39 is 12.0 Å². The van der Waals surface area contributed by atoms with E-state index in [9.17, 15) is 18.7 Å². The highest BCUT2D eigenvalue weighted by Gasteiger charge is 2.49. The van der Waals surface area contributed by atoms with Crippen molar-refractivity contribution in [1.29, 1.82) is 0 Å². The molecule has 0 aliphatic carbocycles. The number of hydrogen-bond acceptors (Lipinski definition) is 8. The highest BCUT2D eigenvalue weighted by molar-refractivity contribution is 6.16. The number of ether oxygens (including phenoxy) is 2. The number of aromatic hydroxyl groups is 1. The van der Waals surface area contributed by atoms with Gasteiger partial charge in [0.15, 0.2) is 0 Å². The number of halogens is 2. The number of fused-ring (bicyclic) bond motifs is 3. The molecule has 0 spiro atoms. The van der Waals surface area contributed by atoms with Crippen molar-refractivity contribution in [2.75, 3.05) is 55.8 Å². The Morgan fingerprint density at radius 3 is 2.93 bits per heavy atom. The van der Waals surface area contributed by atoms with E-state index in [1.165, 1.54) is 29.2 Å². The predicted octanol–water partition coefficient (Wildman–Crippen LogP) is 3.80. The van der Waals surface area contributed by atoms with Gasteiger partial charge in [0.25, 0.3) is 5.91 Å². The first-order valence-electron chi connectivity index (χ1n) is 14.4. The molecule has 3 saturated heterocycles. The summed E-state index contributed by atoms with van der Waals surface area (Å²) in [6, 6.07) is 5.79. The van der Waals surface area contributed by atoms with Crippen LogP contribution in [0.3, 0.4) is 0 Å². The summed E-state index contributed by atoms with van der Waals surface area (Å²) < 4.78 is 41.0. The zero-order chi connectivity index (χ0) is 29.0. The lowest BCUT2D eigenvalue weighted by atomic mass is 9.95. The third-order valence-corrected chi connectivity index (χ3v) is 8.93. The third kappa shape index (κ3) is 4.41. The van der Waals surface area contributed by atoms with E-state index in [1.807, 2.05) is 4.90 Å². The van der Waals surface area contributed by atoms with E-state index >= 15 is 0 Å². The fourth-order valence-electron chi connectivity index (χ4n) is 7.01. The fourth-order valence-corrected chi connectivity index (χ4v) is 7.01. The Bertz CT molecular complexity index is 1620. The largest absolute Gasteiger partial charge is 0.508 e. The molecule has 7 rings (SSSR count). The van der Waals surface area contributed by atoms with E-state index in [1.54, 1.807) is 0 Å². The lowest BCUT2D eigenvalue weighted by Crippen LogP contribution is -2.43. The Labute approximate surface area is 242 Å². The van der Waals surface area contributed by atoms with Crippen molar-refractivity contribution in [3.8, 4) is 24.1 Å². The maximum absolute atomic E-state index is 14.8. The van der Waals surface area contributed by atoms with Crippen LogP contribution in [0.1, 0.15) is 47.3 Å². The summed E-state index contributed by atoms with van der Waals surface area (Å²) in [5.74, 6) is 1.79. The summed E-state index contributed by atoms with van der Waals surface area (Å²) >= 11 is 0. The highest BCUT2D eigenvalue weighted by atomic mass is 19.1. The number of rotatable bonds is 5.